The van der Waals surface area contributed by atoms with Crippen molar-refractivity contribution in [3.05, 3.63) is 6.33 Å². The summed E-state index contributed by atoms with van der Waals surface area (Å²) in [6.45, 7) is -0.178. The molecule has 0 aliphatic carbocycles. The molecular formula is C16H26N6O13P2. The Hall–Kier alpha value is -1.83. The highest BCUT2D eigenvalue weighted by molar-refractivity contribution is 7.61. The zero-order valence-electron chi connectivity index (χ0n) is 19.0. The molecule has 0 bridgehead atoms. The molecule has 2 fully saturated rings. The van der Waals surface area contributed by atoms with E-state index in [1.165, 1.54) is 17.8 Å². The van der Waals surface area contributed by atoms with E-state index in [2.05, 4.69) is 28.3 Å². The number of ether oxygens (including phenoxy) is 2. The minimum atomic E-state index is -5.28. The van der Waals surface area contributed by atoms with Gasteiger partial charge in [-0.3, -0.25) is 13.6 Å². The van der Waals surface area contributed by atoms with Crippen LogP contribution in [0.3, 0.4) is 0 Å². The molecule has 2 aromatic heterocycles. The quantitative estimate of drug-likeness (QED) is 0.142. The number of nitrogen functional groups attached to an aromatic ring is 2. The topological polar surface area (TPSA) is 297 Å². The van der Waals surface area contributed by atoms with E-state index in [9.17, 15) is 39.3 Å². The Labute approximate surface area is 207 Å². The first-order chi connectivity index (χ1) is 17.2. The smallest absolute Gasteiger partial charge is 0.388 e. The predicted octanol–water partition coefficient (Wildman–Crippen LogP) is -2.63. The summed E-state index contributed by atoms with van der Waals surface area (Å²) in [6, 6.07) is 0. The van der Waals surface area contributed by atoms with Crippen molar-refractivity contribution >= 4 is 38.6 Å². The lowest BCUT2D eigenvalue weighted by Crippen LogP contribution is -2.34. The van der Waals surface area contributed by atoms with Crippen LogP contribution < -0.4 is 11.5 Å². The number of imidazole rings is 1. The zero-order valence-corrected chi connectivity index (χ0v) is 20.8. The van der Waals surface area contributed by atoms with Gasteiger partial charge in [0.15, 0.2) is 17.7 Å². The van der Waals surface area contributed by atoms with Gasteiger partial charge in [-0.05, 0) is 6.92 Å². The van der Waals surface area contributed by atoms with Crippen molar-refractivity contribution in [2.45, 2.75) is 55.9 Å². The normalized spacial score (nSPS) is 35.5. The first kappa shape index (κ1) is 28.2. The molecule has 0 radical (unpaired) electrons. The van der Waals surface area contributed by atoms with Crippen molar-refractivity contribution in [1.82, 2.24) is 19.5 Å². The molecule has 0 aromatic carbocycles. The molecule has 2 aliphatic rings. The highest BCUT2D eigenvalue weighted by Gasteiger charge is 2.47. The van der Waals surface area contributed by atoms with Gasteiger partial charge in [0.05, 0.1) is 25.6 Å². The number of fused-ring (bicyclic) bond motifs is 1. The third-order valence-corrected chi connectivity index (χ3v) is 8.29. The summed E-state index contributed by atoms with van der Waals surface area (Å²) >= 11 is 0. The molecule has 37 heavy (non-hydrogen) atoms. The van der Waals surface area contributed by atoms with Gasteiger partial charge in [-0.2, -0.15) is 14.3 Å². The van der Waals surface area contributed by atoms with Crippen molar-refractivity contribution in [3.8, 4) is 0 Å². The second kappa shape index (κ2) is 10.4. The maximum absolute atomic E-state index is 12.2. The van der Waals surface area contributed by atoms with E-state index < -0.39 is 77.8 Å². The van der Waals surface area contributed by atoms with E-state index in [4.69, 9.17) is 20.9 Å². The predicted molar refractivity (Wildman–Crippen MR) is 119 cm³/mol. The zero-order chi connectivity index (χ0) is 27.3. The Kier molecular flexibility index (Phi) is 7.91. The Balaban J connectivity index is 1.35. The standard InChI is InChI=1S/C16H26N6O13P2/c1-5-9(23)10(24)6(33-5)2-31-36(27,28)35-37(29,30)32-3-7-11(25)12(26)15(34-7)22-4-19-8-13(17)20-16(18)21-14(8)22/h4-7,9-12,15,23-26H,2-3H2,1H3,(H,27,28)(H,29,30)(H4,17,18,20,21). The van der Waals surface area contributed by atoms with E-state index in [1.54, 1.807) is 0 Å². The molecule has 4 heterocycles. The second-order valence-corrected chi connectivity index (χ2v) is 11.4. The lowest BCUT2D eigenvalue weighted by molar-refractivity contribution is -0.0507. The van der Waals surface area contributed by atoms with Crippen LogP contribution in [0.2, 0.25) is 0 Å². The molecule has 2 saturated heterocycles. The molecule has 0 spiro atoms. The maximum atomic E-state index is 12.2. The number of hydrogen-bond acceptors (Lipinski definition) is 16. The number of hydrogen-bond donors (Lipinski definition) is 8. The SMILES string of the molecule is CC1OC(COP(=O)(O)OP(=O)(O)OCC2OC(n3cnc4c(N)nc(N)nc43)C(O)C2O)C(O)C1O. The van der Waals surface area contributed by atoms with Crippen LogP contribution in [0.1, 0.15) is 13.2 Å². The molecule has 21 heteroatoms. The number of rotatable bonds is 9. The average Bonchev–Trinajstić information content (AvgIpc) is 3.41. The van der Waals surface area contributed by atoms with Crippen molar-refractivity contribution in [2.24, 2.45) is 0 Å². The van der Waals surface area contributed by atoms with Crippen LogP contribution in [-0.4, -0.2) is 106 Å². The number of anilines is 2. The molecule has 19 nitrogen and oxygen atoms in total. The fourth-order valence-electron chi connectivity index (χ4n) is 3.82. The van der Waals surface area contributed by atoms with Gasteiger partial charge in [0, 0.05) is 0 Å². The third kappa shape index (κ3) is 5.94. The summed E-state index contributed by atoms with van der Waals surface area (Å²) in [5.74, 6) is -0.226. The maximum Gasteiger partial charge on any atom is 0.481 e. The van der Waals surface area contributed by atoms with Crippen molar-refractivity contribution in [1.29, 1.82) is 0 Å². The van der Waals surface area contributed by atoms with Gasteiger partial charge in [0.1, 0.15) is 42.1 Å². The molecule has 10 unspecified atom stereocenters. The van der Waals surface area contributed by atoms with Gasteiger partial charge >= 0.3 is 15.6 Å². The minimum absolute atomic E-state index is 0.0390. The Bertz CT molecular complexity index is 1230. The van der Waals surface area contributed by atoms with Gasteiger partial charge in [-0.15, -0.1) is 0 Å². The van der Waals surface area contributed by atoms with E-state index in [1.807, 2.05) is 0 Å². The van der Waals surface area contributed by atoms with Crippen LogP contribution in [0.4, 0.5) is 11.8 Å². The average molecular weight is 572 g/mol. The van der Waals surface area contributed by atoms with Gasteiger partial charge in [0.25, 0.3) is 0 Å². The summed E-state index contributed by atoms with van der Waals surface area (Å²) in [7, 11) is -10.5. The first-order valence-electron chi connectivity index (χ1n) is 10.6. The molecule has 2 aromatic rings. The second-order valence-electron chi connectivity index (χ2n) is 8.31. The molecule has 10 atom stereocenters. The van der Waals surface area contributed by atoms with Crippen LogP contribution in [-0.2, 0) is 32.0 Å². The number of aliphatic hydroxyl groups excluding tert-OH is 4. The number of aromatic nitrogens is 4. The highest BCUT2D eigenvalue weighted by atomic mass is 31.3. The highest BCUT2D eigenvalue weighted by Crippen LogP contribution is 2.60. The minimum Gasteiger partial charge on any atom is -0.388 e. The summed E-state index contributed by atoms with van der Waals surface area (Å²) < 4.78 is 49.6. The molecular weight excluding hydrogens is 546 g/mol. The van der Waals surface area contributed by atoms with E-state index in [-0.39, 0.29) is 22.9 Å². The van der Waals surface area contributed by atoms with Crippen LogP contribution in [0.5, 0.6) is 0 Å². The van der Waals surface area contributed by atoms with Crippen molar-refractivity contribution in [2.75, 3.05) is 24.7 Å². The van der Waals surface area contributed by atoms with Crippen LogP contribution in [0, 0.1) is 0 Å². The molecule has 4 rings (SSSR count). The Morgan fingerprint density at radius 2 is 1.51 bits per heavy atom. The fraction of sp³-hybridized carbons (Fsp3) is 0.688. The third-order valence-electron chi connectivity index (χ3n) is 5.69. The van der Waals surface area contributed by atoms with E-state index >= 15 is 0 Å². The Morgan fingerprint density at radius 3 is 2.08 bits per heavy atom. The molecule has 2 aliphatic heterocycles. The van der Waals surface area contributed by atoms with Crippen LogP contribution in [0.25, 0.3) is 11.2 Å². The van der Waals surface area contributed by atoms with Crippen molar-refractivity contribution in [3.63, 3.8) is 0 Å². The van der Waals surface area contributed by atoms with E-state index in [0.29, 0.717) is 0 Å². The first-order valence-corrected chi connectivity index (χ1v) is 13.6. The number of nitrogens with two attached hydrogens (primary N) is 2. The van der Waals surface area contributed by atoms with Crippen LogP contribution >= 0.6 is 15.6 Å². The number of aliphatic hydroxyl groups is 4. The van der Waals surface area contributed by atoms with Gasteiger partial charge < -0.3 is 51.2 Å². The van der Waals surface area contributed by atoms with Crippen molar-refractivity contribution < 1.29 is 62.2 Å². The van der Waals surface area contributed by atoms with Crippen LogP contribution in [0.15, 0.2) is 6.33 Å². The summed E-state index contributed by atoms with van der Waals surface area (Å²) in [4.78, 5) is 31.4. The summed E-state index contributed by atoms with van der Waals surface area (Å²) in [6.07, 6.45) is -9.44. The number of phosphoric acid groups is 2. The largest absolute Gasteiger partial charge is 0.481 e. The van der Waals surface area contributed by atoms with Gasteiger partial charge in [-0.25, -0.2) is 14.1 Å². The monoisotopic (exact) mass is 572 g/mol. The summed E-state index contributed by atoms with van der Waals surface area (Å²) in [5.41, 5.74) is 11.6. The van der Waals surface area contributed by atoms with Gasteiger partial charge in [-0.1, -0.05) is 0 Å². The molecule has 0 saturated carbocycles. The fourth-order valence-corrected chi connectivity index (χ4v) is 5.91. The molecule has 0 amide bonds. The lowest BCUT2D eigenvalue weighted by atomic mass is 10.1. The number of phosphoric ester groups is 2. The Morgan fingerprint density at radius 1 is 0.946 bits per heavy atom. The number of nitrogens with zero attached hydrogens (tertiary/aromatic N) is 4. The van der Waals surface area contributed by atoms with Gasteiger partial charge in [0.2, 0.25) is 5.95 Å². The lowest BCUT2D eigenvalue weighted by Gasteiger charge is -2.20. The molecule has 208 valence electrons. The van der Waals surface area contributed by atoms with E-state index in [0.717, 1.165) is 0 Å². The molecule has 10 N–H and O–H groups in total. The summed E-state index contributed by atoms with van der Waals surface area (Å²) in [5, 5.41) is 40.2.